The lowest BCUT2D eigenvalue weighted by molar-refractivity contribution is -0.113. The highest BCUT2D eigenvalue weighted by atomic mass is 32.2. The van der Waals surface area contributed by atoms with Crippen LogP contribution < -0.4 is 15.5 Å². The maximum atomic E-state index is 12.3. The van der Waals surface area contributed by atoms with Crippen LogP contribution in [0.1, 0.15) is 34.9 Å². The topological polar surface area (TPSA) is 128 Å². The van der Waals surface area contributed by atoms with Crippen LogP contribution in [0.2, 0.25) is 0 Å². The molecule has 164 valence electrons. The molecule has 32 heavy (non-hydrogen) atoms. The molecule has 0 atom stereocenters. The number of carbonyl (C=O) groups excluding carboxylic acids is 1. The molecule has 0 saturated carbocycles. The van der Waals surface area contributed by atoms with Gasteiger partial charge in [0.2, 0.25) is 17.0 Å². The van der Waals surface area contributed by atoms with E-state index in [0.717, 1.165) is 36.1 Å². The van der Waals surface area contributed by atoms with Crippen LogP contribution >= 0.6 is 23.1 Å². The number of anilines is 2. The zero-order chi connectivity index (χ0) is 22.3. The number of hydrogen-bond donors (Lipinski definition) is 3. The monoisotopic (exact) mass is 467 g/mol. The van der Waals surface area contributed by atoms with Crippen molar-refractivity contribution >= 4 is 46.2 Å². The molecule has 0 radical (unpaired) electrons. The number of carbonyl (C=O) groups is 1. The van der Waals surface area contributed by atoms with Crippen molar-refractivity contribution < 1.29 is 9.53 Å². The summed E-state index contributed by atoms with van der Waals surface area (Å²) in [6.07, 6.45) is 4.62. The van der Waals surface area contributed by atoms with Crippen molar-refractivity contribution in [2.75, 3.05) is 23.1 Å². The van der Waals surface area contributed by atoms with Crippen molar-refractivity contribution in [3.05, 3.63) is 45.8 Å². The fourth-order valence-corrected chi connectivity index (χ4v) is 5.10. The van der Waals surface area contributed by atoms with E-state index in [1.165, 1.54) is 28.0 Å². The molecular formula is C21H21N7O2S2. The molecule has 0 spiro atoms. The SMILES string of the molecule is CCOc1ccc(/C=N/Nc2nc(SCC(=O)Nc3sc4c(c3C#N)CCC4)n[nH]2)cc1. The van der Waals surface area contributed by atoms with Gasteiger partial charge in [-0.3, -0.25) is 4.79 Å². The summed E-state index contributed by atoms with van der Waals surface area (Å²) in [5.74, 6) is 1.13. The Hall–Kier alpha value is -3.36. The van der Waals surface area contributed by atoms with E-state index in [1.54, 1.807) is 6.21 Å². The molecule has 0 aliphatic heterocycles. The van der Waals surface area contributed by atoms with E-state index >= 15 is 0 Å². The van der Waals surface area contributed by atoms with E-state index in [0.29, 0.717) is 28.3 Å². The molecule has 1 aliphatic carbocycles. The third-order valence-electron chi connectivity index (χ3n) is 4.66. The molecule has 0 saturated heterocycles. The highest BCUT2D eigenvalue weighted by Gasteiger charge is 2.23. The Kier molecular flexibility index (Phi) is 7.03. The summed E-state index contributed by atoms with van der Waals surface area (Å²) in [7, 11) is 0. The van der Waals surface area contributed by atoms with Gasteiger partial charge in [-0.15, -0.1) is 16.4 Å². The smallest absolute Gasteiger partial charge is 0.240 e. The number of nitrogens with one attached hydrogen (secondary N) is 3. The summed E-state index contributed by atoms with van der Waals surface area (Å²) in [4.78, 5) is 17.8. The van der Waals surface area contributed by atoms with Crippen molar-refractivity contribution in [2.24, 2.45) is 5.10 Å². The summed E-state index contributed by atoms with van der Waals surface area (Å²) < 4.78 is 5.41. The van der Waals surface area contributed by atoms with Gasteiger partial charge in [-0.2, -0.15) is 15.3 Å². The van der Waals surface area contributed by atoms with Crippen LogP contribution in [0.25, 0.3) is 0 Å². The Morgan fingerprint density at radius 1 is 1.41 bits per heavy atom. The lowest BCUT2D eigenvalue weighted by atomic mass is 10.1. The highest BCUT2D eigenvalue weighted by molar-refractivity contribution is 7.99. The molecule has 0 unspecified atom stereocenters. The molecule has 1 amide bonds. The van der Waals surface area contributed by atoms with E-state index in [-0.39, 0.29) is 11.7 Å². The first-order valence-electron chi connectivity index (χ1n) is 10.1. The number of benzene rings is 1. The van der Waals surface area contributed by atoms with E-state index < -0.39 is 0 Å². The quantitative estimate of drug-likeness (QED) is 0.248. The molecular weight excluding hydrogens is 446 g/mol. The Balaban J connectivity index is 1.25. The van der Waals surface area contributed by atoms with E-state index in [2.05, 4.69) is 37.1 Å². The number of H-pyrrole nitrogens is 1. The minimum atomic E-state index is -0.195. The first-order chi connectivity index (χ1) is 15.7. The molecule has 3 aromatic rings. The molecule has 1 aromatic carbocycles. The van der Waals surface area contributed by atoms with Crippen molar-refractivity contribution in [3.63, 3.8) is 0 Å². The van der Waals surface area contributed by atoms with E-state index in [1.807, 2.05) is 31.2 Å². The number of fused-ring (bicyclic) bond motifs is 1. The normalized spacial score (nSPS) is 12.5. The van der Waals surface area contributed by atoms with Crippen LogP contribution in [0, 0.1) is 11.3 Å². The zero-order valence-corrected chi connectivity index (χ0v) is 19.0. The standard InChI is InChI=1S/C21H21N7O2S2/c1-2-30-14-8-6-13(7-9-14)11-23-26-20-25-21(28-27-20)31-12-18(29)24-19-16(10-22)15-4-3-5-17(15)32-19/h6-9,11H,2-5,12H2,1H3,(H,24,29)(H2,25,26,27,28)/b23-11+. The maximum absolute atomic E-state index is 12.3. The highest BCUT2D eigenvalue weighted by Crippen LogP contribution is 2.38. The average molecular weight is 468 g/mol. The molecule has 4 rings (SSSR count). The first kappa shape index (κ1) is 21.9. The molecule has 11 heteroatoms. The van der Waals surface area contributed by atoms with Crippen LogP contribution in [0.4, 0.5) is 10.9 Å². The van der Waals surface area contributed by atoms with E-state index in [4.69, 9.17) is 4.74 Å². The summed E-state index contributed by atoms with van der Waals surface area (Å²) >= 11 is 2.70. The summed E-state index contributed by atoms with van der Waals surface area (Å²) in [5, 5.41) is 24.3. The number of nitriles is 1. The molecule has 2 aromatic heterocycles. The molecule has 1 aliphatic rings. The molecule has 2 heterocycles. The van der Waals surface area contributed by atoms with Crippen molar-refractivity contribution in [1.29, 1.82) is 5.26 Å². The van der Waals surface area contributed by atoms with Crippen molar-refractivity contribution in [2.45, 2.75) is 31.3 Å². The van der Waals surface area contributed by atoms with Crippen LogP contribution in [-0.2, 0) is 17.6 Å². The number of amides is 1. The zero-order valence-electron chi connectivity index (χ0n) is 17.3. The number of nitrogens with zero attached hydrogens (tertiary/aromatic N) is 4. The minimum absolute atomic E-state index is 0.139. The number of aryl methyl sites for hydroxylation is 1. The number of thiophene rings is 1. The summed E-state index contributed by atoms with van der Waals surface area (Å²) in [5.41, 5.74) is 5.38. The molecule has 0 fully saturated rings. The van der Waals surface area contributed by atoms with Gasteiger partial charge in [0.05, 0.1) is 24.1 Å². The van der Waals surface area contributed by atoms with Crippen LogP contribution in [-0.4, -0.2) is 39.7 Å². The average Bonchev–Trinajstić information content (AvgIpc) is 3.50. The maximum Gasteiger partial charge on any atom is 0.240 e. The third kappa shape index (κ3) is 5.27. The number of aromatic amines is 1. The second kappa shape index (κ2) is 10.3. The molecule has 0 bridgehead atoms. The van der Waals surface area contributed by atoms with Crippen molar-refractivity contribution in [3.8, 4) is 11.8 Å². The van der Waals surface area contributed by atoms with Gasteiger partial charge >= 0.3 is 0 Å². The Morgan fingerprint density at radius 2 is 2.25 bits per heavy atom. The Bertz CT molecular complexity index is 1160. The largest absolute Gasteiger partial charge is 0.494 e. The summed E-state index contributed by atoms with van der Waals surface area (Å²) in [6.45, 7) is 2.56. The van der Waals surface area contributed by atoms with Crippen LogP contribution in [0.5, 0.6) is 5.75 Å². The van der Waals surface area contributed by atoms with E-state index in [9.17, 15) is 10.1 Å². The predicted octanol–water partition coefficient (Wildman–Crippen LogP) is 3.80. The fourth-order valence-electron chi connectivity index (χ4n) is 3.25. The lowest BCUT2D eigenvalue weighted by Gasteiger charge is -2.02. The number of hydrogen-bond acceptors (Lipinski definition) is 9. The third-order valence-corrected chi connectivity index (χ3v) is 6.71. The van der Waals surface area contributed by atoms with Gasteiger partial charge in [0.15, 0.2) is 0 Å². The predicted molar refractivity (Wildman–Crippen MR) is 126 cm³/mol. The lowest BCUT2D eigenvalue weighted by Crippen LogP contribution is -2.14. The fraction of sp³-hybridized carbons (Fsp3) is 0.286. The Morgan fingerprint density at radius 3 is 3.03 bits per heavy atom. The molecule has 3 N–H and O–H groups in total. The van der Waals surface area contributed by atoms with Gasteiger partial charge in [-0.25, -0.2) is 10.5 Å². The Labute approximate surface area is 193 Å². The number of thioether (sulfide) groups is 1. The van der Waals surface area contributed by atoms with Gasteiger partial charge in [0, 0.05) is 4.88 Å². The van der Waals surface area contributed by atoms with Gasteiger partial charge in [-0.05, 0) is 61.6 Å². The van der Waals surface area contributed by atoms with Crippen molar-refractivity contribution in [1.82, 2.24) is 15.2 Å². The second-order valence-corrected chi connectivity index (χ2v) is 8.90. The van der Waals surface area contributed by atoms with Crippen LogP contribution in [0.15, 0.2) is 34.5 Å². The van der Waals surface area contributed by atoms with Gasteiger partial charge in [-0.1, -0.05) is 11.8 Å². The minimum Gasteiger partial charge on any atom is -0.494 e. The number of hydrazone groups is 1. The molecule has 9 nitrogen and oxygen atoms in total. The number of aromatic nitrogens is 3. The van der Waals surface area contributed by atoms with Crippen LogP contribution in [0.3, 0.4) is 0 Å². The van der Waals surface area contributed by atoms with Gasteiger partial charge in [0.25, 0.3) is 0 Å². The second-order valence-electron chi connectivity index (χ2n) is 6.85. The van der Waals surface area contributed by atoms with Gasteiger partial charge < -0.3 is 10.1 Å². The number of ether oxygens (including phenoxy) is 1. The first-order valence-corrected chi connectivity index (χ1v) is 11.9. The van der Waals surface area contributed by atoms with Gasteiger partial charge in [0.1, 0.15) is 16.8 Å². The number of rotatable bonds is 9. The summed E-state index contributed by atoms with van der Waals surface area (Å²) in [6, 6.07) is 9.78.